The summed E-state index contributed by atoms with van der Waals surface area (Å²) in [4.78, 5) is 0. The summed E-state index contributed by atoms with van der Waals surface area (Å²) in [5, 5.41) is 21.1. The van der Waals surface area contributed by atoms with Gasteiger partial charge in [0.1, 0.15) is 5.76 Å². The van der Waals surface area contributed by atoms with E-state index in [1.54, 1.807) is 0 Å². The topological polar surface area (TPSA) is 49.7 Å². The molecular formula is C30H42O3. The van der Waals surface area contributed by atoms with Gasteiger partial charge in [-0.3, -0.25) is 0 Å². The van der Waals surface area contributed by atoms with Gasteiger partial charge in [0.2, 0.25) is 0 Å². The van der Waals surface area contributed by atoms with Crippen molar-refractivity contribution >= 4 is 0 Å². The Morgan fingerprint density at radius 1 is 1.12 bits per heavy atom. The van der Waals surface area contributed by atoms with Crippen LogP contribution in [0, 0.1) is 29.1 Å². The fraction of sp³-hybridized carbons (Fsp3) is 0.600. The molecule has 3 nitrogen and oxygen atoms in total. The lowest BCUT2D eigenvalue weighted by atomic mass is 9.55. The van der Waals surface area contributed by atoms with Gasteiger partial charge in [0, 0.05) is 6.61 Å². The third kappa shape index (κ3) is 5.81. The van der Waals surface area contributed by atoms with E-state index in [1.807, 2.05) is 18.2 Å². The van der Waals surface area contributed by atoms with Crippen LogP contribution in [0.15, 0.2) is 66.5 Å². The predicted molar refractivity (Wildman–Crippen MR) is 135 cm³/mol. The molecule has 0 aliphatic heterocycles. The lowest BCUT2D eigenvalue weighted by Crippen LogP contribution is -2.46. The molecule has 1 aromatic rings. The second-order valence-electron chi connectivity index (χ2n) is 10.9. The molecule has 0 amide bonds. The molecule has 0 unspecified atom stereocenters. The molecule has 0 saturated heterocycles. The summed E-state index contributed by atoms with van der Waals surface area (Å²) in [6.07, 6.45) is 15.4. The first-order valence-corrected chi connectivity index (χ1v) is 13.0. The average Bonchev–Trinajstić information content (AvgIpc) is 3.10. The van der Waals surface area contributed by atoms with Crippen LogP contribution in [0.2, 0.25) is 0 Å². The Balaban J connectivity index is 1.41. The summed E-state index contributed by atoms with van der Waals surface area (Å²) in [5.41, 5.74) is 2.31. The van der Waals surface area contributed by atoms with E-state index in [1.165, 1.54) is 12.0 Å². The molecule has 0 aromatic heterocycles. The largest absolute Gasteiger partial charge is 0.508 e. The van der Waals surface area contributed by atoms with Crippen molar-refractivity contribution in [1.29, 1.82) is 0 Å². The second-order valence-corrected chi connectivity index (χ2v) is 10.9. The summed E-state index contributed by atoms with van der Waals surface area (Å²) in [5.74, 6) is 2.69. The second kappa shape index (κ2) is 11.1. The van der Waals surface area contributed by atoms with Crippen LogP contribution < -0.4 is 0 Å². The Morgan fingerprint density at radius 2 is 1.94 bits per heavy atom. The Bertz CT molecular complexity index is 841. The van der Waals surface area contributed by atoms with Crippen LogP contribution in [-0.2, 0) is 11.3 Å². The van der Waals surface area contributed by atoms with Crippen molar-refractivity contribution in [3.8, 4) is 0 Å². The summed E-state index contributed by atoms with van der Waals surface area (Å²) in [6, 6.07) is 10.4. The van der Waals surface area contributed by atoms with Gasteiger partial charge >= 0.3 is 0 Å². The van der Waals surface area contributed by atoms with Crippen molar-refractivity contribution in [2.45, 2.75) is 77.4 Å². The highest BCUT2D eigenvalue weighted by Crippen LogP contribution is 2.59. The number of hydrogen-bond donors (Lipinski definition) is 2. The number of fused-ring (bicyclic) bond motifs is 3. The maximum absolute atomic E-state index is 10.8. The highest BCUT2D eigenvalue weighted by molar-refractivity contribution is 5.25. The van der Waals surface area contributed by atoms with Gasteiger partial charge < -0.3 is 14.9 Å². The average molecular weight is 451 g/mol. The summed E-state index contributed by atoms with van der Waals surface area (Å²) in [7, 11) is 0. The highest BCUT2D eigenvalue weighted by Gasteiger charge is 2.54. The van der Waals surface area contributed by atoms with E-state index in [2.05, 4.69) is 43.8 Å². The quantitative estimate of drug-likeness (QED) is 0.434. The Morgan fingerprint density at radius 3 is 2.76 bits per heavy atom. The molecule has 3 aliphatic rings. The van der Waals surface area contributed by atoms with Crippen molar-refractivity contribution in [2.24, 2.45) is 29.1 Å². The fourth-order valence-electron chi connectivity index (χ4n) is 7.06. The van der Waals surface area contributed by atoms with Crippen molar-refractivity contribution < 1.29 is 14.9 Å². The molecule has 0 spiro atoms. The van der Waals surface area contributed by atoms with Crippen LogP contribution in [-0.4, -0.2) is 22.9 Å². The molecule has 1 aromatic carbocycles. The van der Waals surface area contributed by atoms with Crippen LogP contribution in [0.25, 0.3) is 0 Å². The van der Waals surface area contributed by atoms with Crippen LogP contribution in [0.5, 0.6) is 0 Å². The van der Waals surface area contributed by atoms with Crippen LogP contribution >= 0.6 is 0 Å². The number of aliphatic hydroxyl groups is 2. The van der Waals surface area contributed by atoms with Crippen LogP contribution in [0.3, 0.4) is 0 Å². The predicted octanol–water partition coefficient (Wildman–Crippen LogP) is 7.14. The monoisotopic (exact) mass is 450 g/mol. The van der Waals surface area contributed by atoms with Gasteiger partial charge in [0.05, 0.1) is 12.7 Å². The minimum atomic E-state index is -0.159. The number of rotatable bonds is 7. The first-order chi connectivity index (χ1) is 16.0. The summed E-state index contributed by atoms with van der Waals surface area (Å²) >= 11 is 0. The van der Waals surface area contributed by atoms with E-state index in [4.69, 9.17) is 4.74 Å². The van der Waals surface area contributed by atoms with Crippen LogP contribution in [0.1, 0.15) is 70.3 Å². The SMILES string of the molecule is C=C1/C=C(O)\C=C/C[C@H]2CC[C@]3(C)[C@@H](O)CC[C@H]3[C@@H]2[C@H](CCCCOCc2ccccc2)C1. The van der Waals surface area contributed by atoms with Gasteiger partial charge in [-0.05, 0) is 98.2 Å². The number of benzene rings is 1. The van der Waals surface area contributed by atoms with Crippen molar-refractivity contribution in [1.82, 2.24) is 0 Å². The third-order valence-corrected chi connectivity index (χ3v) is 8.80. The molecule has 6 atom stereocenters. The molecule has 3 heteroatoms. The lowest BCUT2D eigenvalue weighted by Gasteiger charge is -2.50. The summed E-state index contributed by atoms with van der Waals surface area (Å²) < 4.78 is 5.93. The Hall–Kier alpha value is -1.84. The molecule has 2 N–H and O–H groups in total. The Kier molecular flexibility index (Phi) is 8.14. The maximum atomic E-state index is 10.8. The molecule has 0 heterocycles. The maximum Gasteiger partial charge on any atom is 0.115 e. The van der Waals surface area contributed by atoms with E-state index >= 15 is 0 Å². The van der Waals surface area contributed by atoms with Gasteiger partial charge in [-0.1, -0.05) is 61.9 Å². The summed E-state index contributed by atoms with van der Waals surface area (Å²) in [6.45, 7) is 8.11. The zero-order valence-corrected chi connectivity index (χ0v) is 20.3. The van der Waals surface area contributed by atoms with E-state index in [-0.39, 0.29) is 11.5 Å². The third-order valence-electron chi connectivity index (χ3n) is 8.80. The van der Waals surface area contributed by atoms with Gasteiger partial charge in [-0.25, -0.2) is 0 Å². The molecule has 33 heavy (non-hydrogen) atoms. The highest BCUT2D eigenvalue weighted by atomic mass is 16.5. The number of aliphatic hydroxyl groups excluding tert-OH is 2. The fourth-order valence-corrected chi connectivity index (χ4v) is 7.06. The zero-order valence-electron chi connectivity index (χ0n) is 20.3. The molecule has 3 aliphatic carbocycles. The normalized spacial score (nSPS) is 37.0. The van der Waals surface area contributed by atoms with Gasteiger partial charge in [0.15, 0.2) is 0 Å². The number of hydrogen-bond acceptors (Lipinski definition) is 3. The van der Waals surface area contributed by atoms with Crippen molar-refractivity contribution in [3.05, 3.63) is 72.0 Å². The lowest BCUT2D eigenvalue weighted by molar-refractivity contribution is -0.0522. The molecule has 0 radical (unpaired) electrons. The first kappa shape index (κ1) is 24.3. The minimum Gasteiger partial charge on any atom is -0.508 e. The standard InChI is InChI=1S/C30H42O3/c1-22-19-25(11-6-7-18-33-21-23-9-4-3-5-10-23)29-24(12-8-13-26(31)20-22)16-17-30(2)27(29)14-15-28(30)32/h3-5,8-10,13,20,24-25,27-29,31-32H,1,6-7,11-12,14-19,21H2,2H3/b13-8-,26-20+/t24-,25+,27-,28-,29-,30-/m0/s1. The minimum absolute atomic E-state index is 0.0609. The first-order valence-electron chi connectivity index (χ1n) is 13.0. The zero-order chi connectivity index (χ0) is 23.3. The van der Waals surface area contributed by atoms with Crippen molar-refractivity contribution in [3.63, 3.8) is 0 Å². The number of unbranched alkanes of at least 4 members (excludes halogenated alkanes) is 1. The van der Waals surface area contributed by atoms with E-state index in [0.717, 1.165) is 63.5 Å². The molecule has 0 bridgehead atoms. The number of allylic oxidation sites excluding steroid dienone is 4. The number of ether oxygens (including phenoxy) is 1. The van der Waals surface area contributed by atoms with E-state index in [9.17, 15) is 10.2 Å². The smallest absolute Gasteiger partial charge is 0.115 e. The van der Waals surface area contributed by atoms with E-state index < -0.39 is 0 Å². The van der Waals surface area contributed by atoms with Crippen molar-refractivity contribution in [2.75, 3.05) is 6.61 Å². The van der Waals surface area contributed by atoms with Crippen LogP contribution in [0.4, 0.5) is 0 Å². The molecule has 180 valence electrons. The molecule has 4 rings (SSSR count). The van der Waals surface area contributed by atoms with E-state index in [0.29, 0.717) is 36.0 Å². The van der Waals surface area contributed by atoms with Gasteiger partial charge in [-0.15, -0.1) is 0 Å². The van der Waals surface area contributed by atoms with Gasteiger partial charge in [0.25, 0.3) is 0 Å². The Labute approximate surface area is 200 Å². The molecule has 2 saturated carbocycles. The van der Waals surface area contributed by atoms with Gasteiger partial charge in [-0.2, -0.15) is 0 Å². The molecule has 2 fully saturated rings. The molecular weight excluding hydrogens is 408 g/mol.